The number of carboxylic acid groups (broad SMARTS) is 1. The number of pyridine rings is 2. The molecule has 2 aromatic rings. The zero-order chi connectivity index (χ0) is 27.4. The number of nitrogens with zero attached hydrogens (tertiary/aromatic N) is 3. The van der Waals surface area contributed by atoms with Gasteiger partial charge in [0.05, 0.1) is 16.1 Å². The normalized spacial score (nSPS) is 19.7. The van der Waals surface area contributed by atoms with Crippen LogP contribution >= 0.6 is 11.6 Å². The zero-order valence-electron chi connectivity index (χ0n) is 20.4. The monoisotopic (exact) mass is 556 g/mol. The zero-order valence-corrected chi connectivity index (χ0v) is 21.1. The molecule has 38 heavy (non-hydrogen) atoms. The molecule has 1 saturated carbocycles. The van der Waals surface area contributed by atoms with Crippen molar-refractivity contribution in [3.63, 3.8) is 0 Å². The van der Waals surface area contributed by atoms with E-state index >= 15 is 0 Å². The van der Waals surface area contributed by atoms with Gasteiger partial charge in [0.2, 0.25) is 0 Å². The molecular weight excluding hydrogens is 529 g/mol. The highest BCUT2D eigenvalue weighted by Crippen LogP contribution is 2.39. The molecule has 0 amide bonds. The summed E-state index contributed by atoms with van der Waals surface area (Å²) in [6.45, 7) is 0.360. The summed E-state index contributed by atoms with van der Waals surface area (Å²) >= 11 is 5.86. The number of carbonyl (C=O) groups excluding carboxylic acids is 1. The van der Waals surface area contributed by atoms with Crippen molar-refractivity contribution in [1.82, 2.24) is 15.0 Å². The van der Waals surface area contributed by atoms with Crippen LogP contribution in [0.15, 0.2) is 24.5 Å². The molecule has 0 radical (unpaired) electrons. The van der Waals surface area contributed by atoms with Crippen LogP contribution in [0.4, 0.5) is 19.0 Å². The Kier molecular flexibility index (Phi) is 8.74. The Hall–Kier alpha value is -2.96. The van der Waals surface area contributed by atoms with Crippen LogP contribution in [0, 0.1) is 5.92 Å². The van der Waals surface area contributed by atoms with Crippen molar-refractivity contribution < 1.29 is 37.8 Å². The Labute approximate surface area is 221 Å². The van der Waals surface area contributed by atoms with E-state index in [-0.39, 0.29) is 12.3 Å². The van der Waals surface area contributed by atoms with E-state index in [0.717, 1.165) is 48.6 Å². The number of rotatable bonds is 10. The van der Waals surface area contributed by atoms with E-state index in [1.54, 1.807) is 0 Å². The lowest BCUT2D eigenvalue weighted by molar-refractivity contribution is -0.204. The largest absolute Gasteiger partial charge is 0.480 e. The summed E-state index contributed by atoms with van der Waals surface area (Å²) in [5.74, 6) is -1.74. The smallest absolute Gasteiger partial charge is 0.418 e. The van der Waals surface area contributed by atoms with Crippen LogP contribution in [-0.4, -0.2) is 62.4 Å². The first-order valence-corrected chi connectivity index (χ1v) is 12.7. The van der Waals surface area contributed by atoms with Crippen LogP contribution in [0.5, 0.6) is 0 Å². The topological polar surface area (TPSA) is 125 Å². The number of aliphatic hydroxyl groups excluding tert-OH is 1. The van der Waals surface area contributed by atoms with Gasteiger partial charge in [-0.25, -0.2) is 9.78 Å². The molecule has 2 aliphatic rings. The quantitative estimate of drug-likeness (QED) is 0.370. The number of alkyl halides is 3. The van der Waals surface area contributed by atoms with Crippen molar-refractivity contribution in [2.75, 3.05) is 18.5 Å². The maximum atomic E-state index is 13.5. The number of fused-ring (bicyclic) bond motifs is 1. The first-order chi connectivity index (χ1) is 18.1. The summed E-state index contributed by atoms with van der Waals surface area (Å²) in [5, 5.41) is 22.7. The van der Waals surface area contributed by atoms with E-state index in [1.165, 1.54) is 5.56 Å². The van der Waals surface area contributed by atoms with Crippen molar-refractivity contribution >= 4 is 29.4 Å². The van der Waals surface area contributed by atoms with Gasteiger partial charge in [-0.2, -0.15) is 13.2 Å². The number of aliphatic carboxylic acids is 1. The van der Waals surface area contributed by atoms with Crippen LogP contribution in [-0.2, 0) is 28.7 Å². The molecule has 1 atom stereocenters. The van der Waals surface area contributed by atoms with E-state index in [9.17, 15) is 33.0 Å². The summed E-state index contributed by atoms with van der Waals surface area (Å²) < 4.78 is 40.4. The number of carboxylic acids is 1. The van der Waals surface area contributed by atoms with E-state index in [2.05, 4.69) is 21.4 Å². The third-order valence-corrected chi connectivity index (χ3v) is 7.21. The molecule has 1 aliphatic heterocycles. The van der Waals surface area contributed by atoms with E-state index in [1.807, 2.05) is 6.07 Å². The van der Waals surface area contributed by atoms with Gasteiger partial charge in [0.25, 0.3) is 0 Å². The fraction of sp³-hybridized carbons (Fsp3) is 0.520. The minimum Gasteiger partial charge on any atom is -0.480 e. The first kappa shape index (κ1) is 28.1. The molecule has 13 heteroatoms. The first-order valence-electron chi connectivity index (χ1n) is 12.4. The Balaban J connectivity index is 1.45. The third-order valence-electron chi connectivity index (χ3n) is 6.92. The molecule has 9 nitrogen and oxygen atoms in total. The minimum atomic E-state index is -4.93. The molecule has 2 aromatic heterocycles. The van der Waals surface area contributed by atoms with E-state index in [4.69, 9.17) is 16.4 Å². The van der Waals surface area contributed by atoms with Gasteiger partial charge in [-0.3, -0.25) is 9.78 Å². The number of aryl methyl sites for hydroxylation is 2. The molecule has 4 rings (SSSR count). The van der Waals surface area contributed by atoms with Gasteiger partial charge in [-0.1, -0.05) is 17.7 Å². The molecule has 0 spiro atoms. The third kappa shape index (κ3) is 6.36. The number of hydroxylamine groups is 2. The maximum absolute atomic E-state index is 13.5. The average molecular weight is 557 g/mol. The Bertz CT molecular complexity index is 1180. The van der Waals surface area contributed by atoms with Crippen LogP contribution in [0.2, 0.25) is 5.02 Å². The molecule has 0 bridgehead atoms. The molecule has 3 N–H and O–H groups in total. The van der Waals surface area contributed by atoms with Crippen LogP contribution in [0.1, 0.15) is 59.3 Å². The van der Waals surface area contributed by atoms with Crippen LogP contribution in [0.25, 0.3) is 0 Å². The van der Waals surface area contributed by atoms with Gasteiger partial charge in [0.15, 0.2) is 0 Å². The maximum Gasteiger partial charge on any atom is 0.418 e. The van der Waals surface area contributed by atoms with E-state index in [0.29, 0.717) is 25.5 Å². The molecule has 1 fully saturated rings. The Morgan fingerprint density at radius 1 is 1.26 bits per heavy atom. The van der Waals surface area contributed by atoms with Crippen LogP contribution < -0.4 is 5.32 Å². The average Bonchev–Trinajstić information content (AvgIpc) is 2.84. The molecule has 0 saturated heterocycles. The summed E-state index contributed by atoms with van der Waals surface area (Å²) in [4.78, 5) is 38.2. The predicted octanol–water partition coefficient (Wildman–Crippen LogP) is 4.13. The Morgan fingerprint density at radius 3 is 2.71 bits per heavy atom. The summed E-state index contributed by atoms with van der Waals surface area (Å²) in [7, 11) is 0. The number of aromatic nitrogens is 2. The number of halogens is 4. The number of aliphatic hydroxyl groups is 1. The number of hydrogen-bond donors (Lipinski definition) is 3. The van der Waals surface area contributed by atoms with Crippen molar-refractivity contribution in [3.05, 3.63) is 51.9 Å². The number of anilines is 1. The molecular formula is C25H28ClF3N4O5. The van der Waals surface area contributed by atoms with Crippen molar-refractivity contribution in [3.8, 4) is 0 Å². The van der Waals surface area contributed by atoms with Crippen molar-refractivity contribution in [2.45, 2.75) is 63.2 Å². The fourth-order valence-electron chi connectivity index (χ4n) is 4.88. The molecule has 0 unspecified atom stereocenters. The van der Waals surface area contributed by atoms with Gasteiger partial charge in [-0.05, 0) is 62.5 Å². The van der Waals surface area contributed by atoms with Gasteiger partial charge in [0.1, 0.15) is 11.9 Å². The second-order valence-electron chi connectivity index (χ2n) is 9.52. The standard InChI is InChI=1S/C25H28ClF3N4O5/c26-19-13-30-12-18(25(27,28)29)21(19)24(37)38-33(20(7-9-34)23(35)36)17-10-14(11-17)3-5-16-6-4-15-2-1-8-31-22(15)32-16/h4,6,12-14,17,20,34H,1-3,5,7-11H2,(H,31,32)(H,35,36)/t14?,17?,20-/m0/s1. The summed E-state index contributed by atoms with van der Waals surface area (Å²) in [6.07, 6.45) is 0.552. The van der Waals surface area contributed by atoms with Gasteiger partial charge < -0.3 is 20.4 Å². The molecule has 206 valence electrons. The van der Waals surface area contributed by atoms with Crippen molar-refractivity contribution in [1.29, 1.82) is 0 Å². The molecule has 1 aliphatic carbocycles. The van der Waals surface area contributed by atoms with Crippen molar-refractivity contribution in [2.24, 2.45) is 5.92 Å². The lowest BCUT2D eigenvalue weighted by Crippen LogP contribution is -2.53. The second-order valence-corrected chi connectivity index (χ2v) is 9.92. The Morgan fingerprint density at radius 2 is 2.03 bits per heavy atom. The lowest BCUT2D eigenvalue weighted by Gasteiger charge is -2.43. The fourth-order valence-corrected chi connectivity index (χ4v) is 5.11. The summed E-state index contributed by atoms with van der Waals surface area (Å²) in [6, 6.07) is 2.07. The summed E-state index contributed by atoms with van der Waals surface area (Å²) in [5.41, 5.74) is -0.217. The van der Waals surface area contributed by atoms with Crippen LogP contribution in [0.3, 0.4) is 0 Å². The SMILES string of the molecule is O=C(ON(C1CC(CCc2ccc3c(n2)NCCC3)C1)[C@@H](CCO)C(=O)O)c1c(Cl)cncc1C(F)(F)F. The van der Waals surface area contributed by atoms with Gasteiger partial charge in [-0.15, -0.1) is 5.06 Å². The second kappa shape index (κ2) is 11.8. The van der Waals surface area contributed by atoms with E-state index < -0.39 is 53.0 Å². The number of hydrogen-bond acceptors (Lipinski definition) is 8. The van der Waals surface area contributed by atoms with Gasteiger partial charge >= 0.3 is 18.1 Å². The highest BCUT2D eigenvalue weighted by atomic mass is 35.5. The molecule has 3 heterocycles. The highest BCUT2D eigenvalue weighted by molar-refractivity contribution is 6.33. The minimum absolute atomic E-state index is 0.172. The number of nitrogens with one attached hydrogen (secondary N) is 1. The van der Waals surface area contributed by atoms with Gasteiger partial charge in [0, 0.05) is 37.3 Å². The molecule has 0 aromatic carbocycles. The predicted molar refractivity (Wildman–Crippen MR) is 131 cm³/mol. The number of carbonyl (C=O) groups is 2. The lowest BCUT2D eigenvalue weighted by atomic mass is 9.76. The highest BCUT2D eigenvalue weighted by Gasteiger charge is 2.44.